The van der Waals surface area contributed by atoms with Gasteiger partial charge in [0.15, 0.2) is 11.4 Å². The molecule has 1 saturated heterocycles. The smallest absolute Gasteiger partial charge is 0.351 e. The van der Waals surface area contributed by atoms with Gasteiger partial charge in [0, 0.05) is 30.7 Å². The van der Waals surface area contributed by atoms with Crippen molar-refractivity contribution in [1.82, 2.24) is 10.2 Å². The van der Waals surface area contributed by atoms with Gasteiger partial charge in [-0.1, -0.05) is 35.2 Å². The zero-order valence-electron chi connectivity index (χ0n) is 16.9. The van der Waals surface area contributed by atoms with E-state index in [1.54, 1.807) is 0 Å². The van der Waals surface area contributed by atoms with Gasteiger partial charge in [-0.05, 0) is 37.0 Å². The fourth-order valence-electron chi connectivity index (χ4n) is 4.17. The zero-order valence-corrected chi connectivity index (χ0v) is 18.5. The van der Waals surface area contributed by atoms with Crippen molar-refractivity contribution in [3.8, 4) is 6.07 Å². The van der Waals surface area contributed by atoms with E-state index in [-0.39, 0.29) is 5.57 Å². The maximum absolute atomic E-state index is 12.9. The van der Waals surface area contributed by atoms with Crippen LogP contribution in [0, 0.1) is 17.2 Å². The number of carbonyl (C=O) groups is 1. The van der Waals surface area contributed by atoms with Gasteiger partial charge in [0.25, 0.3) is 0 Å². The number of nitriles is 1. The molecule has 2 heterocycles. The molecule has 1 aliphatic carbocycles. The molecule has 0 aromatic heterocycles. The van der Waals surface area contributed by atoms with Gasteiger partial charge in [0.05, 0.1) is 18.0 Å². The molecule has 2 N–H and O–H groups in total. The van der Waals surface area contributed by atoms with E-state index >= 15 is 0 Å². The summed E-state index contributed by atoms with van der Waals surface area (Å²) in [6, 6.07) is 7.80. The normalized spacial score (nSPS) is 21.1. The van der Waals surface area contributed by atoms with E-state index in [1.165, 1.54) is 19.3 Å². The number of benzene rings is 1. The van der Waals surface area contributed by atoms with Crippen molar-refractivity contribution in [2.45, 2.75) is 32.1 Å². The average Bonchev–Trinajstić information content (AvgIpc) is 2.79. The number of nitrogens with zero attached hydrogens (tertiary/aromatic N) is 3. The summed E-state index contributed by atoms with van der Waals surface area (Å²) < 4.78 is 6.50. The van der Waals surface area contributed by atoms with Crippen molar-refractivity contribution in [2.24, 2.45) is 10.9 Å². The molecule has 4 rings (SSSR count). The van der Waals surface area contributed by atoms with Crippen LogP contribution in [-0.4, -0.2) is 49.5 Å². The van der Waals surface area contributed by atoms with E-state index in [4.69, 9.17) is 9.73 Å². The summed E-state index contributed by atoms with van der Waals surface area (Å²) in [5.74, 6) is 0.438. The minimum absolute atomic E-state index is 0.0170. The lowest BCUT2D eigenvalue weighted by molar-refractivity contribution is -0.140. The summed E-state index contributed by atoms with van der Waals surface area (Å²) in [6.45, 7) is 3.53. The standard InChI is InChI=1S/C22H26BrN5O2/c23-16-6-7-18-19(12-16)27-21(28-10-8-25-9-11-28)20(26-18)17(13-24)22(29)30-14-15-4-2-1-3-5-15/h6-7,12,15,25-26H,1-5,8-11,14H2/b20-17+. The van der Waals surface area contributed by atoms with Crippen LogP contribution < -0.4 is 10.6 Å². The van der Waals surface area contributed by atoms with Crippen molar-refractivity contribution >= 4 is 39.1 Å². The highest BCUT2D eigenvalue weighted by molar-refractivity contribution is 9.10. The third-order valence-corrected chi connectivity index (χ3v) is 6.32. The molecule has 0 unspecified atom stereocenters. The summed E-state index contributed by atoms with van der Waals surface area (Å²) in [5, 5.41) is 16.5. The Bertz CT molecular complexity index is 909. The molecular formula is C22H26BrN5O2. The third kappa shape index (κ3) is 4.68. The maximum Gasteiger partial charge on any atom is 0.351 e. The molecule has 0 bridgehead atoms. The Balaban J connectivity index is 1.63. The van der Waals surface area contributed by atoms with Crippen LogP contribution in [0.15, 0.2) is 38.9 Å². The van der Waals surface area contributed by atoms with E-state index in [2.05, 4.69) is 37.5 Å². The molecule has 0 atom stereocenters. The van der Waals surface area contributed by atoms with Crippen molar-refractivity contribution < 1.29 is 9.53 Å². The summed E-state index contributed by atoms with van der Waals surface area (Å²) in [5.41, 5.74) is 1.95. The lowest BCUT2D eigenvalue weighted by Crippen LogP contribution is -2.48. The molecule has 1 aromatic rings. The van der Waals surface area contributed by atoms with E-state index in [9.17, 15) is 10.1 Å². The number of halogens is 1. The second kappa shape index (κ2) is 9.63. The highest BCUT2D eigenvalue weighted by atomic mass is 79.9. The number of anilines is 1. The molecule has 1 aromatic carbocycles. The van der Waals surface area contributed by atoms with E-state index in [1.807, 2.05) is 18.2 Å². The van der Waals surface area contributed by atoms with E-state index in [0.717, 1.165) is 54.9 Å². The van der Waals surface area contributed by atoms with Crippen molar-refractivity contribution in [3.63, 3.8) is 0 Å². The predicted octanol–water partition coefficient (Wildman–Crippen LogP) is 3.71. The molecule has 158 valence electrons. The molecule has 30 heavy (non-hydrogen) atoms. The second-order valence-corrected chi connectivity index (χ2v) is 8.84. The summed E-state index contributed by atoms with van der Waals surface area (Å²) >= 11 is 3.49. The number of piperazine rings is 1. The monoisotopic (exact) mass is 471 g/mol. The number of nitrogens with one attached hydrogen (secondary N) is 2. The maximum atomic E-state index is 12.9. The number of esters is 1. The fraction of sp³-hybridized carbons (Fsp3) is 0.500. The first-order valence-electron chi connectivity index (χ1n) is 10.6. The number of carbonyl (C=O) groups excluding carboxylic acids is 1. The fourth-order valence-corrected chi connectivity index (χ4v) is 4.52. The third-order valence-electron chi connectivity index (χ3n) is 5.83. The summed E-state index contributed by atoms with van der Waals surface area (Å²) in [4.78, 5) is 19.8. The largest absolute Gasteiger partial charge is 0.461 e. The number of hydrogen-bond donors (Lipinski definition) is 2. The first kappa shape index (κ1) is 20.9. The average molecular weight is 472 g/mol. The highest BCUT2D eigenvalue weighted by Gasteiger charge is 2.30. The van der Waals surface area contributed by atoms with E-state index in [0.29, 0.717) is 24.1 Å². The van der Waals surface area contributed by atoms with Crippen molar-refractivity contribution in [2.75, 3.05) is 38.1 Å². The molecule has 0 amide bonds. The molecule has 8 heteroatoms. The van der Waals surface area contributed by atoms with Gasteiger partial charge in [-0.25, -0.2) is 9.79 Å². The van der Waals surface area contributed by atoms with Gasteiger partial charge in [-0.3, -0.25) is 0 Å². The van der Waals surface area contributed by atoms with Crippen LogP contribution in [0.1, 0.15) is 32.1 Å². The molecule has 0 spiro atoms. The quantitative estimate of drug-likeness (QED) is 0.396. The first-order chi connectivity index (χ1) is 14.7. The molecule has 0 radical (unpaired) electrons. The van der Waals surface area contributed by atoms with E-state index < -0.39 is 5.97 Å². The Labute approximate surface area is 185 Å². The first-order valence-corrected chi connectivity index (χ1v) is 11.4. The number of fused-ring (bicyclic) bond motifs is 1. The SMILES string of the molecule is N#C/C(C(=O)OCC1CCCCC1)=C1\Nc2ccc(Br)cc2N=C1N1CCNCC1. The van der Waals surface area contributed by atoms with Gasteiger partial charge < -0.3 is 20.3 Å². The Hall–Kier alpha value is -2.37. The van der Waals surface area contributed by atoms with Crippen LogP contribution in [-0.2, 0) is 9.53 Å². The molecular weight excluding hydrogens is 446 g/mol. The van der Waals surface area contributed by atoms with Gasteiger partial charge in [0.2, 0.25) is 0 Å². The Morgan fingerprint density at radius 3 is 2.77 bits per heavy atom. The zero-order chi connectivity index (χ0) is 20.9. The van der Waals surface area contributed by atoms with Crippen LogP contribution in [0.25, 0.3) is 0 Å². The molecule has 7 nitrogen and oxygen atoms in total. The number of rotatable bonds is 3. The topological polar surface area (TPSA) is 89.8 Å². The van der Waals surface area contributed by atoms with Crippen LogP contribution >= 0.6 is 15.9 Å². The van der Waals surface area contributed by atoms with Gasteiger partial charge in [0.1, 0.15) is 11.8 Å². The lowest BCUT2D eigenvalue weighted by atomic mass is 9.90. The minimum Gasteiger partial charge on any atom is -0.461 e. The van der Waals surface area contributed by atoms with Crippen LogP contribution in [0.5, 0.6) is 0 Å². The Kier molecular flexibility index (Phi) is 6.70. The van der Waals surface area contributed by atoms with Gasteiger partial charge in [-0.2, -0.15) is 5.26 Å². The summed E-state index contributed by atoms with van der Waals surface area (Å²) in [6.07, 6.45) is 5.78. The molecule has 2 fully saturated rings. The molecule has 1 saturated carbocycles. The Morgan fingerprint density at radius 2 is 2.03 bits per heavy atom. The van der Waals surface area contributed by atoms with Gasteiger partial charge >= 0.3 is 5.97 Å². The second-order valence-electron chi connectivity index (χ2n) is 7.92. The van der Waals surface area contributed by atoms with Crippen molar-refractivity contribution in [3.05, 3.63) is 33.9 Å². The van der Waals surface area contributed by atoms with Crippen LogP contribution in [0.4, 0.5) is 11.4 Å². The summed E-state index contributed by atoms with van der Waals surface area (Å²) in [7, 11) is 0. The number of amidine groups is 1. The lowest BCUT2D eigenvalue weighted by Gasteiger charge is -2.34. The molecule has 3 aliphatic rings. The minimum atomic E-state index is -0.575. The number of hydrogen-bond acceptors (Lipinski definition) is 7. The number of ether oxygens (including phenoxy) is 1. The van der Waals surface area contributed by atoms with Gasteiger partial charge in [-0.15, -0.1) is 0 Å². The molecule has 2 aliphatic heterocycles. The Morgan fingerprint density at radius 1 is 1.27 bits per heavy atom. The van der Waals surface area contributed by atoms with Crippen molar-refractivity contribution in [1.29, 1.82) is 5.26 Å². The highest BCUT2D eigenvalue weighted by Crippen LogP contribution is 2.35. The van der Waals surface area contributed by atoms with Crippen LogP contribution in [0.3, 0.4) is 0 Å². The number of aliphatic imine (C=N–C) groups is 1. The predicted molar refractivity (Wildman–Crippen MR) is 119 cm³/mol. The van der Waals surface area contributed by atoms with Crippen LogP contribution in [0.2, 0.25) is 0 Å².